The third kappa shape index (κ3) is 3.23. The van der Waals surface area contributed by atoms with Crippen LogP contribution < -0.4 is 5.56 Å². The Balaban J connectivity index is 1.54. The Morgan fingerprint density at radius 1 is 1.29 bits per heavy atom. The minimum absolute atomic E-state index is 0.0214. The average Bonchev–Trinajstić information content (AvgIpc) is 3.27. The lowest BCUT2D eigenvalue weighted by molar-refractivity contribution is -0.138. The van der Waals surface area contributed by atoms with Gasteiger partial charge in [0, 0.05) is 25.2 Å². The first-order valence-electron chi connectivity index (χ1n) is 9.80. The van der Waals surface area contributed by atoms with E-state index in [1.807, 2.05) is 6.92 Å². The Labute approximate surface area is 162 Å². The van der Waals surface area contributed by atoms with Gasteiger partial charge in [0.15, 0.2) is 5.76 Å². The quantitative estimate of drug-likeness (QED) is 0.799. The van der Waals surface area contributed by atoms with Crippen molar-refractivity contribution in [3.8, 4) is 0 Å². The molecule has 1 fully saturated rings. The molecule has 1 atom stereocenters. The molecular weight excluding hydrogens is 360 g/mol. The van der Waals surface area contributed by atoms with Crippen LogP contribution >= 0.6 is 0 Å². The highest BCUT2D eigenvalue weighted by atomic mass is 16.3. The summed E-state index contributed by atoms with van der Waals surface area (Å²) in [7, 11) is 0. The third-order valence-corrected chi connectivity index (χ3v) is 5.63. The van der Waals surface area contributed by atoms with Gasteiger partial charge in [0.05, 0.1) is 24.8 Å². The van der Waals surface area contributed by atoms with E-state index in [1.54, 1.807) is 32.8 Å². The van der Waals surface area contributed by atoms with Crippen LogP contribution in [0, 0.1) is 0 Å². The van der Waals surface area contributed by atoms with Crippen LogP contribution in [0.3, 0.4) is 0 Å². The summed E-state index contributed by atoms with van der Waals surface area (Å²) < 4.78 is 6.82. The summed E-state index contributed by atoms with van der Waals surface area (Å²) in [5.41, 5.74) is 1.33. The van der Waals surface area contributed by atoms with Gasteiger partial charge in [-0.25, -0.2) is 4.98 Å². The van der Waals surface area contributed by atoms with E-state index in [9.17, 15) is 14.4 Å². The molecule has 0 bridgehead atoms. The molecule has 148 valence electrons. The summed E-state index contributed by atoms with van der Waals surface area (Å²) in [5, 5.41) is 0. The molecular formula is C20H24N4O4. The molecule has 2 amide bonds. The van der Waals surface area contributed by atoms with Crippen LogP contribution in [0.5, 0.6) is 0 Å². The largest absolute Gasteiger partial charge is 0.459 e. The maximum absolute atomic E-state index is 13.2. The number of carbonyl (C=O) groups is 2. The number of aryl methyl sites for hydroxylation is 1. The topological polar surface area (TPSA) is 88.7 Å². The lowest BCUT2D eigenvalue weighted by Gasteiger charge is -2.38. The Morgan fingerprint density at radius 2 is 2.14 bits per heavy atom. The van der Waals surface area contributed by atoms with Crippen LogP contribution in [0.25, 0.3) is 0 Å². The fourth-order valence-electron chi connectivity index (χ4n) is 4.06. The predicted octanol–water partition coefficient (Wildman–Crippen LogP) is 1.44. The molecule has 0 radical (unpaired) electrons. The number of rotatable bonds is 3. The van der Waals surface area contributed by atoms with Gasteiger partial charge in [0.2, 0.25) is 5.91 Å². The van der Waals surface area contributed by atoms with E-state index in [0.717, 1.165) is 12.8 Å². The second-order valence-corrected chi connectivity index (χ2v) is 7.26. The number of piperidine rings is 1. The first-order valence-corrected chi connectivity index (χ1v) is 9.80. The maximum atomic E-state index is 13.2. The number of hydrogen-bond donors (Lipinski definition) is 0. The number of fused-ring (bicyclic) bond motifs is 1. The van der Waals surface area contributed by atoms with Crippen molar-refractivity contribution in [1.82, 2.24) is 19.4 Å². The average molecular weight is 384 g/mol. The lowest BCUT2D eigenvalue weighted by atomic mass is 9.98. The van der Waals surface area contributed by atoms with Gasteiger partial charge in [0.1, 0.15) is 6.04 Å². The summed E-state index contributed by atoms with van der Waals surface area (Å²) in [6, 6.07) is 2.80. The molecule has 4 rings (SSSR count). The lowest BCUT2D eigenvalue weighted by Crippen LogP contribution is -2.54. The van der Waals surface area contributed by atoms with Crippen molar-refractivity contribution in [2.75, 3.05) is 13.1 Å². The zero-order valence-corrected chi connectivity index (χ0v) is 16.0. The Bertz CT molecular complexity index is 934. The zero-order chi connectivity index (χ0) is 19.7. The summed E-state index contributed by atoms with van der Waals surface area (Å²) in [6.45, 7) is 3.80. The van der Waals surface area contributed by atoms with Crippen LogP contribution in [0.4, 0.5) is 0 Å². The van der Waals surface area contributed by atoms with Crippen LogP contribution in [0.1, 0.15) is 48.0 Å². The van der Waals surface area contributed by atoms with E-state index in [-0.39, 0.29) is 23.1 Å². The second kappa shape index (κ2) is 7.61. The highest BCUT2D eigenvalue weighted by molar-refractivity contribution is 5.95. The molecule has 0 N–H and O–H groups in total. The predicted molar refractivity (Wildman–Crippen MR) is 101 cm³/mol. The summed E-state index contributed by atoms with van der Waals surface area (Å²) in [6.07, 6.45) is 5.91. The summed E-state index contributed by atoms with van der Waals surface area (Å²) in [4.78, 5) is 46.2. The second-order valence-electron chi connectivity index (χ2n) is 7.26. The fourth-order valence-corrected chi connectivity index (χ4v) is 4.06. The van der Waals surface area contributed by atoms with E-state index in [0.29, 0.717) is 50.3 Å². The van der Waals surface area contributed by atoms with Crippen molar-refractivity contribution in [3.05, 3.63) is 52.1 Å². The molecule has 0 spiro atoms. The number of carbonyl (C=O) groups excluding carboxylic acids is 2. The monoisotopic (exact) mass is 384 g/mol. The van der Waals surface area contributed by atoms with Crippen LogP contribution in [-0.2, 0) is 24.3 Å². The first kappa shape index (κ1) is 18.5. The number of nitrogens with zero attached hydrogens (tertiary/aromatic N) is 4. The van der Waals surface area contributed by atoms with Gasteiger partial charge in [-0.05, 0) is 44.7 Å². The molecule has 0 aromatic carbocycles. The molecule has 0 saturated carbocycles. The molecule has 2 aromatic heterocycles. The van der Waals surface area contributed by atoms with Gasteiger partial charge in [-0.3, -0.25) is 19.0 Å². The Hall–Kier alpha value is -2.90. The van der Waals surface area contributed by atoms with E-state index >= 15 is 0 Å². The molecule has 0 unspecified atom stereocenters. The smallest absolute Gasteiger partial charge is 0.290 e. The summed E-state index contributed by atoms with van der Waals surface area (Å²) in [5.74, 6) is -0.0679. The van der Waals surface area contributed by atoms with E-state index in [1.165, 1.54) is 6.26 Å². The molecule has 8 nitrogen and oxygen atoms in total. The van der Waals surface area contributed by atoms with Gasteiger partial charge in [0.25, 0.3) is 11.5 Å². The maximum Gasteiger partial charge on any atom is 0.290 e. The molecule has 4 heterocycles. The number of amides is 2. The normalized spacial score (nSPS) is 19.4. The van der Waals surface area contributed by atoms with E-state index < -0.39 is 6.04 Å². The number of furan rings is 1. The van der Waals surface area contributed by atoms with Crippen molar-refractivity contribution >= 4 is 11.8 Å². The van der Waals surface area contributed by atoms with Crippen molar-refractivity contribution in [1.29, 1.82) is 0 Å². The number of hydrogen-bond acceptors (Lipinski definition) is 5. The minimum atomic E-state index is -0.496. The van der Waals surface area contributed by atoms with Gasteiger partial charge < -0.3 is 14.2 Å². The van der Waals surface area contributed by atoms with Crippen molar-refractivity contribution in [3.63, 3.8) is 0 Å². The van der Waals surface area contributed by atoms with Crippen LogP contribution in [0.15, 0.2) is 33.9 Å². The molecule has 1 saturated heterocycles. The van der Waals surface area contributed by atoms with Crippen LogP contribution in [-0.4, -0.2) is 50.3 Å². The van der Waals surface area contributed by atoms with Crippen LogP contribution in [0.2, 0.25) is 0 Å². The summed E-state index contributed by atoms with van der Waals surface area (Å²) >= 11 is 0. The Kier molecular flexibility index (Phi) is 5.02. The highest BCUT2D eigenvalue weighted by Gasteiger charge is 2.37. The van der Waals surface area contributed by atoms with Crippen molar-refractivity contribution in [2.24, 2.45) is 0 Å². The third-order valence-electron chi connectivity index (χ3n) is 5.63. The Morgan fingerprint density at radius 3 is 2.89 bits per heavy atom. The number of likely N-dealkylation sites (tertiary alicyclic amines) is 1. The van der Waals surface area contributed by atoms with Crippen molar-refractivity contribution < 1.29 is 14.0 Å². The minimum Gasteiger partial charge on any atom is -0.459 e. The molecule has 2 aliphatic rings. The van der Waals surface area contributed by atoms with E-state index in [4.69, 9.17) is 4.42 Å². The standard InChI is InChI=1S/C20H24N4O4/c1-2-22-13-21-15-12-23(10-8-14(15)18(22)25)19(26)16-6-3-4-9-24(16)20(27)17-7-5-11-28-17/h5,7,11,13,16H,2-4,6,8-10,12H2,1H3/t16-/m0/s1. The SMILES string of the molecule is CCn1cnc2c(c1=O)CCN(C(=O)[C@@H]1CCCCN1C(=O)c1ccco1)C2. The van der Waals surface area contributed by atoms with Crippen molar-refractivity contribution in [2.45, 2.75) is 51.7 Å². The highest BCUT2D eigenvalue weighted by Crippen LogP contribution is 2.24. The molecule has 2 aliphatic heterocycles. The molecule has 28 heavy (non-hydrogen) atoms. The van der Waals surface area contributed by atoms with Gasteiger partial charge >= 0.3 is 0 Å². The first-order chi connectivity index (χ1) is 13.6. The number of aromatic nitrogens is 2. The molecule has 2 aromatic rings. The zero-order valence-electron chi connectivity index (χ0n) is 16.0. The van der Waals surface area contributed by atoms with Gasteiger partial charge in [-0.2, -0.15) is 0 Å². The van der Waals surface area contributed by atoms with E-state index in [2.05, 4.69) is 4.98 Å². The molecule has 0 aliphatic carbocycles. The van der Waals surface area contributed by atoms with Gasteiger partial charge in [-0.15, -0.1) is 0 Å². The molecule has 8 heteroatoms. The van der Waals surface area contributed by atoms with Gasteiger partial charge in [-0.1, -0.05) is 0 Å². The fraction of sp³-hybridized carbons (Fsp3) is 0.500.